The first-order chi connectivity index (χ1) is 11.8. The molecule has 0 saturated carbocycles. The van der Waals surface area contributed by atoms with Gasteiger partial charge in [0.25, 0.3) is 5.91 Å². The summed E-state index contributed by atoms with van der Waals surface area (Å²) in [5, 5.41) is 7.04. The molecule has 0 radical (unpaired) electrons. The Hall–Kier alpha value is -2.69. The Morgan fingerprint density at radius 2 is 1.64 bits per heavy atom. The van der Waals surface area contributed by atoms with Crippen LogP contribution in [-0.4, -0.2) is 18.2 Å². The molecule has 0 atom stereocenters. The summed E-state index contributed by atoms with van der Waals surface area (Å²) < 4.78 is 12.8. The minimum absolute atomic E-state index is 0.0609. The van der Waals surface area contributed by atoms with Gasteiger partial charge in [-0.1, -0.05) is 45.0 Å². The maximum atomic E-state index is 12.8. The van der Waals surface area contributed by atoms with Crippen molar-refractivity contribution >= 4 is 17.3 Å². The second kappa shape index (κ2) is 7.92. The molecule has 0 aliphatic rings. The molecule has 0 aliphatic carbocycles. The number of amides is 1. The van der Waals surface area contributed by atoms with E-state index >= 15 is 0 Å². The summed E-state index contributed by atoms with van der Waals surface area (Å²) >= 11 is 0. The van der Waals surface area contributed by atoms with Crippen LogP contribution in [0.15, 0.2) is 53.6 Å². The number of nitrogens with zero attached hydrogens (tertiary/aromatic N) is 1. The fraction of sp³-hybridized carbons (Fsp3) is 0.300. The number of rotatable bonds is 5. The Labute approximate surface area is 148 Å². The predicted octanol–water partition coefficient (Wildman–Crippen LogP) is 4.08. The summed E-state index contributed by atoms with van der Waals surface area (Å²) in [4.78, 5) is 11.8. The van der Waals surface area contributed by atoms with Crippen molar-refractivity contribution in [2.24, 2.45) is 5.10 Å². The van der Waals surface area contributed by atoms with Gasteiger partial charge in [-0.2, -0.15) is 5.10 Å². The maximum Gasteiger partial charge on any atom is 0.259 e. The van der Waals surface area contributed by atoms with Gasteiger partial charge < -0.3 is 5.32 Å². The molecule has 2 rings (SSSR count). The van der Waals surface area contributed by atoms with Gasteiger partial charge in [0.1, 0.15) is 5.82 Å². The van der Waals surface area contributed by atoms with Crippen LogP contribution < -0.4 is 10.7 Å². The van der Waals surface area contributed by atoms with E-state index in [0.717, 1.165) is 11.3 Å². The zero-order chi connectivity index (χ0) is 18.4. The fourth-order valence-electron chi connectivity index (χ4n) is 2.21. The van der Waals surface area contributed by atoms with E-state index in [2.05, 4.69) is 48.7 Å². The van der Waals surface area contributed by atoms with E-state index in [0.29, 0.717) is 5.69 Å². The van der Waals surface area contributed by atoms with Crippen molar-refractivity contribution < 1.29 is 9.18 Å². The lowest BCUT2D eigenvalue weighted by Gasteiger charge is -2.19. The highest BCUT2D eigenvalue weighted by Gasteiger charge is 2.13. The summed E-state index contributed by atoms with van der Waals surface area (Å²) in [6, 6.07) is 14.0. The molecule has 2 N–H and O–H groups in total. The van der Waals surface area contributed by atoms with Gasteiger partial charge in [0.15, 0.2) is 0 Å². The lowest BCUT2D eigenvalue weighted by atomic mass is 9.86. The van der Waals surface area contributed by atoms with Crippen LogP contribution in [0.4, 0.5) is 10.1 Å². The highest BCUT2D eigenvalue weighted by Crippen LogP contribution is 2.22. The highest BCUT2D eigenvalue weighted by molar-refractivity contribution is 5.99. The Morgan fingerprint density at radius 3 is 2.20 bits per heavy atom. The Balaban J connectivity index is 1.89. The minimum Gasteiger partial charge on any atom is -0.376 e. The number of nitrogens with one attached hydrogen (secondary N) is 2. The smallest absolute Gasteiger partial charge is 0.259 e. The predicted molar refractivity (Wildman–Crippen MR) is 100 cm³/mol. The number of carbonyl (C=O) groups is 1. The van der Waals surface area contributed by atoms with Gasteiger partial charge in [-0.25, -0.2) is 9.82 Å². The molecule has 0 spiro atoms. The number of hydrogen-bond acceptors (Lipinski definition) is 3. The monoisotopic (exact) mass is 341 g/mol. The summed E-state index contributed by atoms with van der Waals surface area (Å²) in [6.07, 6.45) is 0. The molecular formula is C20H24FN3O. The zero-order valence-electron chi connectivity index (χ0n) is 15.1. The summed E-state index contributed by atoms with van der Waals surface area (Å²) in [7, 11) is 0. The van der Waals surface area contributed by atoms with Crippen LogP contribution in [0.2, 0.25) is 0 Å². The normalized spacial score (nSPS) is 12.0. The van der Waals surface area contributed by atoms with Crippen molar-refractivity contribution in [2.45, 2.75) is 33.1 Å². The van der Waals surface area contributed by atoms with Crippen LogP contribution in [0.3, 0.4) is 0 Å². The van der Waals surface area contributed by atoms with E-state index in [-0.39, 0.29) is 23.7 Å². The number of carbonyl (C=O) groups excluding carboxylic acids is 1. The molecule has 0 fully saturated rings. The van der Waals surface area contributed by atoms with Crippen molar-refractivity contribution in [3.05, 3.63) is 65.5 Å². The second-order valence-electron chi connectivity index (χ2n) is 6.92. The maximum absolute atomic E-state index is 12.8. The molecule has 2 aromatic carbocycles. The number of hydrogen-bond donors (Lipinski definition) is 2. The third-order valence-electron chi connectivity index (χ3n) is 3.81. The fourth-order valence-corrected chi connectivity index (χ4v) is 2.21. The van der Waals surface area contributed by atoms with Crippen molar-refractivity contribution in [3.8, 4) is 0 Å². The van der Waals surface area contributed by atoms with Gasteiger partial charge in [0.2, 0.25) is 0 Å². The third kappa shape index (κ3) is 5.71. The van der Waals surface area contributed by atoms with Crippen LogP contribution >= 0.6 is 0 Å². The van der Waals surface area contributed by atoms with E-state index in [1.165, 1.54) is 17.7 Å². The number of hydrazone groups is 1. The molecule has 2 aromatic rings. The number of halogens is 1. The SMILES string of the molecule is C/C(=N/NC(=O)CNc1ccc(F)cc1)c1ccc(C(C)(C)C)cc1. The van der Waals surface area contributed by atoms with Crippen molar-refractivity contribution in [3.63, 3.8) is 0 Å². The van der Waals surface area contributed by atoms with Crippen molar-refractivity contribution in [1.29, 1.82) is 0 Å². The number of benzene rings is 2. The molecule has 132 valence electrons. The van der Waals surface area contributed by atoms with Crippen molar-refractivity contribution in [1.82, 2.24) is 5.43 Å². The first kappa shape index (κ1) is 18.6. The summed E-state index contributed by atoms with van der Waals surface area (Å²) in [6.45, 7) is 8.40. The van der Waals surface area contributed by atoms with Gasteiger partial charge >= 0.3 is 0 Å². The van der Waals surface area contributed by atoms with E-state index in [1.54, 1.807) is 12.1 Å². The largest absolute Gasteiger partial charge is 0.376 e. The molecule has 1 amide bonds. The van der Waals surface area contributed by atoms with Crippen LogP contribution in [0.1, 0.15) is 38.8 Å². The quantitative estimate of drug-likeness (QED) is 0.636. The molecular weight excluding hydrogens is 317 g/mol. The molecule has 5 heteroatoms. The van der Waals surface area contributed by atoms with Gasteiger partial charge in [-0.15, -0.1) is 0 Å². The topological polar surface area (TPSA) is 53.5 Å². The standard InChI is InChI=1S/C20H24FN3O/c1-14(15-5-7-16(8-6-15)20(2,3)4)23-24-19(25)13-22-18-11-9-17(21)10-12-18/h5-12,22H,13H2,1-4H3,(H,24,25)/b23-14-. The van der Waals surface area contributed by atoms with E-state index in [4.69, 9.17) is 0 Å². The van der Waals surface area contributed by atoms with E-state index in [1.807, 2.05) is 19.1 Å². The highest BCUT2D eigenvalue weighted by atomic mass is 19.1. The molecule has 0 aromatic heterocycles. The third-order valence-corrected chi connectivity index (χ3v) is 3.81. The lowest BCUT2D eigenvalue weighted by Crippen LogP contribution is -2.26. The summed E-state index contributed by atoms with van der Waals surface area (Å²) in [5.41, 5.74) is 6.23. The Bertz CT molecular complexity index is 744. The van der Waals surface area contributed by atoms with Crippen molar-refractivity contribution in [2.75, 3.05) is 11.9 Å². The van der Waals surface area contributed by atoms with Gasteiger partial charge in [-0.05, 0) is 47.7 Å². The van der Waals surface area contributed by atoms with Crippen LogP contribution in [0, 0.1) is 5.82 Å². The van der Waals surface area contributed by atoms with Crippen LogP contribution in [0.5, 0.6) is 0 Å². The van der Waals surface area contributed by atoms with E-state index < -0.39 is 0 Å². The average Bonchev–Trinajstić information content (AvgIpc) is 2.58. The molecule has 0 heterocycles. The molecule has 25 heavy (non-hydrogen) atoms. The lowest BCUT2D eigenvalue weighted by molar-refractivity contribution is -0.119. The number of anilines is 1. The molecule has 4 nitrogen and oxygen atoms in total. The Kier molecular flexibility index (Phi) is 5.91. The van der Waals surface area contributed by atoms with Gasteiger partial charge in [-0.3, -0.25) is 4.79 Å². The Morgan fingerprint density at radius 1 is 1.04 bits per heavy atom. The molecule has 0 aliphatic heterocycles. The molecule has 0 bridgehead atoms. The molecule has 0 saturated heterocycles. The van der Waals surface area contributed by atoms with Crippen LogP contribution in [-0.2, 0) is 10.2 Å². The van der Waals surface area contributed by atoms with E-state index in [9.17, 15) is 9.18 Å². The summed E-state index contributed by atoms with van der Waals surface area (Å²) in [5.74, 6) is -0.581. The zero-order valence-corrected chi connectivity index (χ0v) is 15.1. The molecule has 0 unspecified atom stereocenters. The van der Waals surface area contributed by atoms with Gasteiger partial charge in [0.05, 0.1) is 12.3 Å². The first-order valence-corrected chi connectivity index (χ1v) is 8.19. The van der Waals surface area contributed by atoms with Gasteiger partial charge in [0, 0.05) is 5.69 Å². The minimum atomic E-state index is -0.312. The van der Waals surface area contributed by atoms with Crippen LogP contribution in [0.25, 0.3) is 0 Å². The first-order valence-electron chi connectivity index (χ1n) is 8.19. The average molecular weight is 341 g/mol. The second-order valence-corrected chi connectivity index (χ2v) is 6.92.